The number of benzene rings is 3. The molecule has 1 atom stereocenters. The molecule has 0 saturated carbocycles. The number of fused-ring (bicyclic) bond motifs is 1. The standard InChI is InChI=1S/C25H24N2/c1-17-15-19-11-7-8-12-21(19)24(17)22-14-13-20(27(2)3)16-23(22)25(26)18-9-5-4-6-10-18/h4-16,24,26H,1-3H3. The SMILES string of the molecule is CC1=Cc2ccccc2C1c1ccc(N(C)C)cc1C(=N)c1ccccc1. The first-order valence-corrected chi connectivity index (χ1v) is 9.29. The Kier molecular flexibility index (Phi) is 4.41. The van der Waals surface area contributed by atoms with E-state index in [1.807, 2.05) is 44.4 Å². The van der Waals surface area contributed by atoms with Crippen LogP contribution in [0.3, 0.4) is 0 Å². The van der Waals surface area contributed by atoms with Gasteiger partial charge in [-0.3, -0.25) is 5.41 Å². The van der Waals surface area contributed by atoms with Crippen LogP contribution in [0.5, 0.6) is 0 Å². The molecule has 2 nitrogen and oxygen atoms in total. The highest BCUT2D eigenvalue weighted by atomic mass is 15.1. The Morgan fingerprint density at radius 2 is 1.56 bits per heavy atom. The molecule has 1 aliphatic carbocycles. The van der Waals surface area contributed by atoms with Crippen molar-refractivity contribution in [2.75, 3.05) is 19.0 Å². The summed E-state index contributed by atoms with van der Waals surface area (Å²) in [4.78, 5) is 2.09. The molecule has 1 unspecified atom stereocenters. The molecular formula is C25H24N2. The molecule has 0 spiro atoms. The molecule has 1 N–H and O–H groups in total. The molecule has 3 aromatic carbocycles. The highest BCUT2D eigenvalue weighted by Gasteiger charge is 2.27. The van der Waals surface area contributed by atoms with E-state index >= 15 is 0 Å². The van der Waals surface area contributed by atoms with Crippen LogP contribution >= 0.6 is 0 Å². The summed E-state index contributed by atoms with van der Waals surface area (Å²) in [6.07, 6.45) is 2.27. The summed E-state index contributed by atoms with van der Waals surface area (Å²) in [5.74, 6) is 0.205. The number of anilines is 1. The molecule has 2 heteroatoms. The van der Waals surface area contributed by atoms with Gasteiger partial charge in [0.1, 0.15) is 0 Å². The number of nitrogens with one attached hydrogen (secondary N) is 1. The van der Waals surface area contributed by atoms with Crippen molar-refractivity contribution in [3.63, 3.8) is 0 Å². The highest BCUT2D eigenvalue weighted by molar-refractivity contribution is 6.12. The summed E-state index contributed by atoms with van der Waals surface area (Å²) in [7, 11) is 4.09. The third-order valence-electron chi connectivity index (χ3n) is 5.34. The van der Waals surface area contributed by atoms with Gasteiger partial charge in [0.15, 0.2) is 0 Å². The molecule has 0 fully saturated rings. The summed E-state index contributed by atoms with van der Waals surface area (Å²) in [5, 5.41) is 8.93. The zero-order valence-electron chi connectivity index (χ0n) is 16.0. The molecule has 1 aliphatic rings. The van der Waals surface area contributed by atoms with Gasteiger partial charge >= 0.3 is 0 Å². The van der Waals surface area contributed by atoms with Crippen LogP contribution in [0, 0.1) is 5.41 Å². The fraction of sp³-hybridized carbons (Fsp3) is 0.160. The largest absolute Gasteiger partial charge is 0.378 e. The average molecular weight is 352 g/mol. The Morgan fingerprint density at radius 3 is 2.30 bits per heavy atom. The van der Waals surface area contributed by atoms with Gasteiger partial charge in [0.05, 0.1) is 5.71 Å². The van der Waals surface area contributed by atoms with Crippen molar-refractivity contribution in [2.45, 2.75) is 12.8 Å². The Hall–Kier alpha value is -3.13. The summed E-state index contributed by atoms with van der Waals surface area (Å²) in [5.41, 5.74) is 8.78. The van der Waals surface area contributed by atoms with Crippen molar-refractivity contribution in [1.82, 2.24) is 0 Å². The lowest BCUT2D eigenvalue weighted by Crippen LogP contribution is -2.14. The second-order valence-corrected chi connectivity index (χ2v) is 7.36. The maximum Gasteiger partial charge on any atom is 0.0688 e. The summed E-state index contributed by atoms with van der Waals surface area (Å²) < 4.78 is 0. The van der Waals surface area contributed by atoms with Gasteiger partial charge in [-0.25, -0.2) is 0 Å². The van der Waals surface area contributed by atoms with Crippen LogP contribution in [0.15, 0.2) is 78.4 Å². The van der Waals surface area contributed by atoms with Gasteiger partial charge in [-0.15, -0.1) is 0 Å². The zero-order chi connectivity index (χ0) is 19.0. The molecular weight excluding hydrogens is 328 g/mol. The van der Waals surface area contributed by atoms with Crippen molar-refractivity contribution in [2.24, 2.45) is 0 Å². The second-order valence-electron chi connectivity index (χ2n) is 7.36. The number of rotatable bonds is 4. The third-order valence-corrected chi connectivity index (χ3v) is 5.34. The molecule has 0 heterocycles. The number of hydrogen-bond acceptors (Lipinski definition) is 2. The monoisotopic (exact) mass is 352 g/mol. The van der Waals surface area contributed by atoms with Crippen LogP contribution < -0.4 is 4.90 Å². The van der Waals surface area contributed by atoms with Crippen LogP contribution in [0.25, 0.3) is 6.08 Å². The minimum atomic E-state index is 0.205. The van der Waals surface area contributed by atoms with E-state index in [0.29, 0.717) is 5.71 Å². The van der Waals surface area contributed by atoms with Gasteiger partial charge in [-0.05, 0) is 35.7 Å². The first kappa shape index (κ1) is 17.3. The lowest BCUT2D eigenvalue weighted by Gasteiger charge is -2.22. The predicted molar refractivity (Wildman–Crippen MR) is 115 cm³/mol. The van der Waals surface area contributed by atoms with E-state index in [9.17, 15) is 0 Å². The minimum Gasteiger partial charge on any atom is -0.378 e. The Morgan fingerprint density at radius 1 is 0.852 bits per heavy atom. The van der Waals surface area contributed by atoms with E-state index < -0.39 is 0 Å². The fourth-order valence-corrected chi connectivity index (χ4v) is 3.94. The van der Waals surface area contributed by atoms with Gasteiger partial charge in [0.2, 0.25) is 0 Å². The third kappa shape index (κ3) is 3.08. The molecule has 0 aromatic heterocycles. The van der Waals surface area contributed by atoms with E-state index in [4.69, 9.17) is 5.41 Å². The van der Waals surface area contributed by atoms with Gasteiger partial charge in [-0.1, -0.05) is 72.3 Å². The molecule has 134 valence electrons. The van der Waals surface area contributed by atoms with Crippen molar-refractivity contribution in [3.8, 4) is 0 Å². The minimum absolute atomic E-state index is 0.205. The van der Waals surface area contributed by atoms with E-state index in [2.05, 4.69) is 60.4 Å². The fourth-order valence-electron chi connectivity index (χ4n) is 3.94. The lowest BCUT2D eigenvalue weighted by molar-refractivity contribution is 0.970. The van der Waals surface area contributed by atoms with E-state index in [1.165, 1.54) is 22.3 Å². The number of hydrogen-bond donors (Lipinski definition) is 1. The molecule has 4 rings (SSSR count). The smallest absolute Gasteiger partial charge is 0.0688 e. The van der Waals surface area contributed by atoms with Gasteiger partial charge < -0.3 is 4.90 Å². The molecule has 0 bridgehead atoms. The highest BCUT2D eigenvalue weighted by Crippen LogP contribution is 2.42. The maximum absolute atomic E-state index is 8.93. The molecule has 27 heavy (non-hydrogen) atoms. The summed E-state index contributed by atoms with van der Waals surface area (Å²) in [6, 6.07) is 25.1. The summed E-state index contributed by atoms with van der Waals surface area (Å²) in [6.45, 7) is 2.19. The predicted octanol–water partition coefficient (Wildman–Crippen LogP) is 5.72. The van der Waals surface area contributed by atoms with E-state index in [1.54, 1.807) is 0 Å². The first-order chi connectivity index (χ1) is 13.1. The quantitative estimate of drug-likeness (QED) is 0.598. The Bertz CT molecular complexity index is 1030. The Labute approximate surface area is 161 Å². The second kappa shape index (κ2) is 6.88. The van der Waals surface area contributed by atoms with Crippen LogP contribution in [0.2, 0.25) is 0 Å². The molecule has 0 radical (unpaired) electrons. The normalized spacial score (nSPS) is 15.2. The zero-order valence-corrected chi connectivity index (χ0v) is 16.0. The molecule has 0 aliphatic heterocycles. The van der Waals surface area contributed by atoms with E-state index in [-0.39, 0.29) is 5.92 Å². The van der Waals surface area contributed by atoms with Gasteiger partial charge in [0, 0.05) is 36.8 Å². The van der Waals surface area contributed by atoms with Gasteiger partial charge in [0.25, 0.3) is 0 Å². The van der Waals surface area contributed by atoms with Crippen molar-refractivity contribution in [3.05, 3.63) is 106 Å². The van der Waals surface area contributed by atoms with Gasteiger partial charge in [-0.2, -0.15) is 0 Å². The van der Waals surface area contributed by atoms with E-state index in [0.717, 1.165) is 16.8 Å². The Balaban J connectivity index is 1.89. The van der Waals surface area contributed by atoms with Crippen LogP contribution in [-0.2, 0) is 0 Å². The maximum atomic E-state index is 8.93. The van der Waals surface area contributed by atoms with Crippen molar-refractivity contribution < 1.29 is 0 Å². The van der Waals surface area contributed by atoms with Crippen LogP contribution in [0.1, 0.15) is 40.7 Å². The van der Waals surface area contributed by atoms with Crippen molar-refractivity contribution in [1.29, 1.82) is 5.41 Å². The average Bonchev–Trinajstić information content (AvgIpc) is 3.03. The van der Waals surface area contributed by atoms with Crippen LogP contribution in [0.4, 0.5) is 5.69 Å². The topological polar surface area (TPSA) is 27.1 Å². The first-order valence-electron chi connectivity index (χ1n) is 9.29. The molecule has 0 saturated heterocycles. The van der Waals surface area contributed by atoms with Crippen LogP contribution in [-0.4, -0.2) is 19.8 Å². The lowest BCUT2D eigenvalue weighted by atomic mass is 9.83. The molecule has 0 amide bonds. The molecule has 3 aromatic rings. The number of nitrogens with zero attached hydrogens (tertiary/aromatic N) is 1. The number of allylic oxidation sites excluding steroid dienone is 1. The van der Waals surface area contributed by atoms with Crippen molar-refractivity contribution >= 4 is 17.5 Å². The summed E-state index contributed by atoms with van der Waals surface area (Å²) >= 11 is 0.